The highest BCUT2D eigenvalue weighted by Gasteiger charge is 2.04. The molecule has 1 atom stereocenters. The van der Waals surface area contributed by atoms with E-state index in [1.54, 1.807) is 0 Å². The Bertz CT molecular complexity index is 323. The molecule has 0 aliphatic carbocycles. The third-order valence-electron chi connectivity index (χ3n) is 1.60. The Balaban J connectivity index is 2.71. The van der Waals surface area contributed by atoms with Crippen LogP contribution in [0.5, 0.6) is 0 Å². The van der Waals surface area contributed by atoms with E-state index in [4.69, 9.17) is 5.73 Å². The minimum absolute atomic E-state index is 0.145. The lowest BCUT2D eigenvalue weighted by molar-refractivity contribution is 0.581. The molecule has 0 amide bonds. The molecule has 0 spiro atoms. The first-order chi connectivity index (χ1) is 6.61. The molecule has 1 rings (SSSR count). The number of hydrogen-bond acceptors (Lipinski definition) is 2. The third-order valence-corrected chi connectivity index (χ3v) is 2.94. The molecule has 0 saturated heterocycles. The molecule has 1 aromatic rings. The average molecular weight is 219 g/mol. The van der Waals surface area contributed by atoms with Gasteiger partial charge in [0.25, 0.3) is 0 Å². The van der Waals surface area contributed by atoms with Gasteiger partial charge in [0, 0.05) is 34.9 Å². The third kappa shape index (κ3) is 3.51. The molecule has 0 fully saturated rings. The quantitative estimate of drug-likeness (QED) is 0.826. The Morgan fingerprint density at radius 1 is 1.21 bits per heavy atom. The minimum Gasteiger partial charge on any atom is -0.330 e. The van der Waals surface area contributed by atoms with Crippen LogP contribution in [0, 0.1) is 11.6 Å². The molecular weight excluding hydrogens is 208 g/mol. The summed E-state index contributed by atoms with van der Waals surface area (Å²) >= 11 is 0. The molecule has 0 radical (unpaired) electrons. The topological polar surface area (TPSA) is 43.1 Å². The molecule has 1 aromatic carbocycles. The molecule has 0 heterocycles. The SMILES string of the molecule is NCCS(=O)Cc1cc(F)cc(F)c1. The Kier molecular flexibility index (Phi) is 4.16. The van der Waals surface area contributed by atoms with Crippen LogP contribution in [0.4, 0.5) is 8.78 Å². The van der Waals surface area contributed by atoms with Crippen LogP contribution in [-0.4, -0.2) is 16.5 Å². The fourth-order valence-corrected chi connectivity index (χ4v) is 2.03. The second-order valence-electron chi connectivity index (χ2n) is 2.85. The standard InChI is InChI=1S/C9H11F2NOS/c10-8-3-7(4-9(11)5-8)6-14(13)2-1-12/h3-5H,1-2,6,12H2. The van der Waals surface area contributed by atoms with Crippen molar-refractivity contribution in [1.29, 1.82) is 0 Å². The maximum absolute atomic E-state index is 12.7. The van der Waals surface area contributed by atoms with E-state index in [2.05, 4.69) is 0 Å². The van der Waals surface area contributed by atoms with Gasteiger partial charge >= 0.3 is 0 Å². The summed E-state index contributed by atoms with van der Waals surface area (Å²) in [4.78, 5) is 0. The van der Waals surface area contributed by atoms with Crippen LogP contribution in [0.15, 0.2) is 18.2 Å². The number of halogens is 2. The Morgan fingerprint density at radius 2 is 1.79 bits per heavy atom. The summed E-state index contributed by atoms with van der Waals surface area (Å²) in [6.07, 6.45) is 0. The van der Waals surface area contributed by atoms with Crippen LogP contribution in [0.2, 0.25) is 0 Å². The largest absolute Gasteiger partial charge is 0.330 e. The first-order valence-electron chi connectivity index (χ1n) is 4.12. The lowest BCUT2D eigenvalue weighted by Gasteiger charge is -2.01. The summed E-state index contributed by atoms with van der Waals surface area (Å²) in [7, 11) is -1.15. The van der Waals surface area contributed by atoms with Crippen molar-refractivity contribution in [2.24, 2.45) is 5.73 Å². The van der Waals surface area contributed by atoms with Gasteiger partial charge in [-0.25, -0.2) is 8.78 Å². The van der Waals surface area contributed by atoms with Gasteiger partial charge in [-0.15, -0.1) is 0 Å². The van der Waals surface area contributed by atoms with E-state index in [1.165, 1.54) is 12.1 Å². The highest BCUT2D eigenvalue weighted by atomic mass is 32.2. The van der Waals surface area contributed by atoms with E-state index < -0.39 is 22.4 Å². The molecule has 0 aliphatic heterocycles. The van der Waals surface area contributed by atoms with Crippen LogP contribution in [0.3, 0.4) is 0 Å². The zero-order valence-corrected chi connectivity index (χ0v) is 8.32. The molecule has 0 bridgehead atoms. The molecule has 5 heteroatoms. The van der Waals surface area contributed by atoms with E-state index in [1.807, 2.05) is 0 Å². The smallest absolute Gasteiger partial charge is 0.126 e. The zero-order valence-electron chi connectivity index (χ0n) is 7.50. The molecule has 2 N–H and O–H groups in total. The molecule has 2 nitrogen and oxygen atoms in total. The molecular formula is C9H11F2NOS. The van der Waals surface area contributed by atoms with Crippen molar-refractivity contribution in [3.8, 4) is 0 Å². The van der Waals surface area contributed by atoms with Crippen molar-refractivity contribution >= 4 is 10.8 Å². The Morgan fingerprint density at radius 3 is 2.29 bits per heavy atom. The first-order valence-corrected chi connectivity index (χ1v) is 5.60. The van der Waals surface area contributed by atoms with Gasteiger partial charge in [0.1, 0.15) is 11.6 Å². The van der Waals surface area contributed by atoms with Gasteiger partial charge in [0.2, 0.25) is 0 Å². The van der Waals surface area contributed by atoms with Gasteiger partial charge in [0.05, 0.1) is 0 Å². The maximum Gasteiger partial charge on any atom is 0.126 e. The molecule has 1 unspecified atom stereocenters. The predicted octanol–water partition coefficient (Wildman–Crippen LogP) is 1.17. The summed E-state index contributed by atoms with van der Waals surface area (Å²) in [5.41, 5.74) is 5.60. The van der Waals surface area contributed by atoms with E-state index in [0.717, 1.165) is 6.07 Å². The predicted molar refractivity (Wildman–Crippen MR) is 52.1 cm³/mol. The number of hydrogen-bond donors (Lipinski definition) is 1. The van der Waals surface area contributed by atoms with Crippen molar-refractivity contribution in [2.75, 3.05) is 12.3 Å². The van der Waals surface area contributed by atoms with E-state index >= 15 is 0 Å². The van der Waals surface area contributed by atoms with Gasteiger partial charge in [-0.3, -0.25) is 4.21 Å². The fourth-order valence-electron chi connectivity index (χ4n) is 1.08. The van der Waals surface area contributed by atoms with E-state index in [-0.39, 0.29) is 5.75 Å². The van der Waals surface area contributed by atoms with Gasteiger partial charge < -0.3 is 5.73 Å². The summed E-state index contributed by atoms with van der Waals surface area (Å²) in [6.45, 7) is 0.310. The summed E-state index contributed by atoms with van der Waals surface area (Å²) < 4.78 is 36.6. The highest BCUT2D eigenvalue weighted by molar-refractivity contribution is 7.84. The first kappa shape index (κ1) is 11.3. The van der Waals surface area contributed by atoms with E-state index in [0.29, 0.717) is 17.9 Å². The summed E-state index contributed by atoms with van der Waals surface area (Å²) in [6, 6.07) is 3.14. The second kappa shape index (κ2) is 5.17. The Hall–Kier alpha value is -0.810. The molecule has 0 saturated carbocycles. The molecule has 0 aromatic heterocycles. The zero-order chi connectivity index (χ0) is 10.6. The van der Waals surface area contributed by atoms with Gasteiger partial charge in [0.15, 0.2) is 0 Å². The average Bonchev–Trinajstić information content (AvgIpc) is 2.01. The van der Waals surface area contributed by atoms with Crippen molar-refractivity contribution in [3.05, 3.63) is 35.4 Å². The van der Waals surface area contributed by atoms with Crippen molar-refractivity contribution < 1.29 is 13.0 Å². The normalized spacial score (nSPS) is 12.8. The summed E-state index contributed by atoms with van der Waals surface area (Å²) in [5, 5.41) is 0. The highest BCUT2D eigenvalue weighted by Crippen LogP contribution is 2.09. The van der Waals surface area contributed by atoms with Gasteiger partial charge in [-0.05, 0) is 17.7 Å². The van der Waals surface area contributed by atoms with Crippen LogP contribution < -0.4 is 5.73 Å². The second-order valence-corrected chi connectivity index (χ2v) is 4.43. The number of benzene rings is 1. The lowest BCUT2D eigenvalue weighted by atomic mass is 10.2. The fraction of sp³-hybridized carbons (Fsp3) is 0.333. The van der Waals surface area contributed by atoms with Crippen molar-refractivity contribution in [3.63, 3.8) is 0 Å². The lowest BCUT2D eigenvalue weighted by Crippen LogP contribution is -2.11. The Labute approximate surface area is 83.6 Å². The monoisotopic (exact) mass is 219 g/mol. The minimum atomic E-state index is -1.15. The van der Waals surface area contributed by atoms with Crippen LogP contribution in [0.1, 0.15) is 5.56 Å². The van der Waals surface area contributed by atoms with Crippen LogP contribution in [-0.2, 0) is 16.6 Å². The molecule has 14 heavy (non-hydrogen) atoms. The molecule has 78 valence electrons. The number of nitrogens with two attached hydrogens (primary N) is 1. The molecule has 0 aliphatic rings. The van der Waals surface area contributed by atoms with Crippen molar-refractivity contribution in [2.45, 2.75) is 5.75 Å². The summed E-state index contributed by atoms with van der Waals surface area (Å²) in [5.74, 6) is -0.807. The van der Waals surface area contributed by atoms with Crippen LogP contribution in [0.25, 0.3) is 0 Å². The van der Waals surface area contributed by atoms with Gasteiger partial charge in [-0.2, -0.15) is 0 Å². The van der Waals surface area contributed by atoms with E-state index in [9.17, 15) is 13.0 Å². The maximum atomic E-state index is 12.7. The van der Waals surface area contributed by atoms with Crippen molar-refractivity contribution in [1.82, 2.24) is 0 Å². The number of rotatable bonds is 4. The van der Waals surface area contributed by atoms with Crippen LogP contribution >= 0.6 is 0 Å². The van der Waals surface area contributed by atoms with Gasteiger partial charge in [-0.1, -0.05) is 0 Å².